The van der Waals surface area contributed by atoms with Crippen LogP contribution in [0.5, 0.6) is 0 Å². The first-order valence-electron chi connectivity index (χ1n) is 8.08. The Hall–Kier alpha value is -1.99. The van der Waals surface area contributed by atoms with Gasteiger partial charge in [-0.1, -0.05) is 29.8 Å². The minimum Gasteiger partial charge on any atom is -0.379 e. The van der Waals surface area contributed by atoms with Crippen molar-refractivity contribution in [3.8, 4) is 11.4 Å². The molecule has 1 aromatic heterocycles. The van der Waals surface area contributed by atoms with E-state index in [0.717, 1.165) is 17.8 Å². The van der Waals surface area contributed by atoms with Crippen molar-refractivity contribution >= 4 is 18.1 Å². The number of aromatic nitrogens is 3. The van der Waals surface area contributed by atoms with Gasteiger partial charge < -0.3 is 10.1 Å². The van der Waals surface area contributed by atoms with Crippen molar-refractivity contribution in [2.75, 3.05) is 13.2 Å². The van der Waals surface area contributed by atoms with Crippen LogP contribution < -0.4 is 5.32 Å². The number of carbonyl (C=O) groups excluding carboxylic acids is 1. The summed E-state index contributed by atoms with van der Waals surface area (Å²) in [5, 5.41) is 10.2. The first-order chi connectivity index (χ1) is 11.5. The second-order valence-corrected chi connectivity index (χ2v) is 6.92. The summed E-state index contributed by atoms with van der Waals surface area (Å²) in [5.41, 5.74) is 1.91. The molecule has 1 saturated heterocycles. The van der Waals surface area contributed by atoms with Crippen molar-refractivity contribution in [3.05, 3.63) is 34.6 Å². The molecule has 0 radical (unpaired) electrons. The molecule has 2 N–H and O–H groups in total. The topological polar surface area (TPSA) is 71.9 Å². The molecule has 1 fully saturated rings. The number of carbonyl (C=O) groups is 1. The fourth-order valence-corrected chi connectivity index (χ4v) is 3.05. The van der Waals surface area contributed by atoms with Crippen molar-refractivity contribution in [1.82, 2.24) is 20.1 Å². The van der Waals surface area contributed by atoms with Gasteiger partial charge in [0.25, 0.3) is 0 Å². The molecular weight excluding hydrogens is 324 g/mol. The standard InChI is InChI=1S/C17H22N4O2S/c1-12-3-5-13(6-4-12)15-19-20-16(24)21(15)9-7-14(22)18-17(2)8-10-23-11-17/h3-6H,7-11H2,1-2H3,(H,18,22)(H,20,24)/t17-/m0/s1. The van der Waals surface area contributed by atoms with E-state index in [2.05, 4.69) is 15.5 Å². The molecule has 1 aliphatic rings. The lowest BCUT2D eigenvalue weighted by atomic mass is 10.0. The van der Waals surface area contributed by atoms with Crippen LogP contribution in [0.3, 0.4) is 0 Å². The highest BCUT2D eigenvalue weighted by molar-refractivity contribution is 7.71. The van der Waals surface area contributed by atoms with Gasteiger partial charge in [0.15, 0.2) is 10.6 Å². The molecule has 0 spiro atoms. The predicted octanol–water partition coefficient (Wildman–Crippen LogP) is 2.60. The maximum absolute atomic E-state index is 12.3. The van der Waals surface area contributed by atoms with Crippen LogP contribution >= 0.6 is 12.2 Å². The molecule has 0 saturated carbocycles. The fourth-order valence-electron chi connectivity index (χ4n) is 2.83. The van der Waals surface area contributed by atoms with Gasteiger partial charge in [-0.15, -0.1) is 0 Å². The van der Waals surface area contributed by atoms with Gasteiger partial charge in [-0.2, -0.15) is 5.10 Å². The number of benzene rings is 1. The van der Waals surface area contributed by atoms with E-state index in [4.69, 9.17) is 17.0 Å². The van der Waals surface area contributed by atoms with Crippen LogP contribution in [0.25, 0.3) is 11.4 Å². The average Bonchev–Trinajstić information content (AvgIpc) is 3.12. The van der Waals surface area contributed by atoms with Gasteiger partial charge >= 0.3 is 0 Å². The Morgan fingerprint density at radius 3 is 2.88 bits per heavy atom. The van der Waals surface area contributed by atoms with E-state index < -0.39 is 0 Å². The lowest BCUT2D eigenvalue weighted by Crippen LogP contribution is -2.46. The largest absolute Gasteiger partial charge is 0.379 e. The van der Waals surface area contributed by atoms with Crippen LogP contribution in [-0.4, -0.2) is 39.4 Å². The number of H-pyrrole nitrogens is 1. The molecule has 128 valence electrons. The van der Waals surface area contributed by atoms with Gasteiger partial charge in [-0.05, 0) is 32.5 Å². The zero-order valence-electron chi connectivity index (χ0n) is 14.0. The van der Waals surface area contributed by atoms with Gasteiger partial charge in [0.1, 0.15) is 0 Å². The van der Waals surface area contributed by atoms with E-state index in [0.29, 0.717) is 31.0 Å². The van der Waals surface area contributed by atoms with E-state index in [-0.39, 0.29) is 11.4 Å². The van der Waals surface area contributed by atoms with E-state index >= 15 is 0 Å². The Labute approximate surface area is 146 Å². The molecule has 2 heterocycles. The summed E-state index contributed by atoms with van der Waals surface area (Å²) in [6.07, 6.45) is 1.20. The Morgan fingerprint density at radius 1 is 1.46 bits per heavy atom. The third kappa shape index (κ3) is 3.73. The number of ether oxygens (including phenoxy) is 1. The smallest absolute Gasteiger partial charge is 0.222 e. The number of nitrogens with zero attached hydrogens (tertiary/aromatic N) is 2. The zero-order valence-corrected chi connectivity index (χ0v) is 14.8. The third-order valence-electron chi connectivity index (χ3n) is 4.29. The molecule has 2 aromatic rings. The molecule has 1 aromatic carbocycles. The molecule has 0 unspecified atom stereocenters. The van der Waals surface area contributed by atoms with Gasteiger partial charge in [0.2, 0.25) is 5.91 Å². The molecule has 0 aliphatic carbocycles. The van der Waals surface area contributed by atoms with Crippen LogP contribution in [0.4, 0.5) is 0 Å². The highest BCUT2D eigenvalue weighted by Crippen LogP contribution is 2.19. The monoisotopic (exact) mass is 346 g/mol. The molecule has 1 amide bonds. The van der Waals surface area contributed by atoms with Crippen molar-refractivity contribution in [2.24, 2.45) is 0 Å². The molecule has 24 heavy (non-hydrogen) atoms. The lowest BCUT2D eigenvalue weighted by Gasteiger charge is -2.23. The minimum absolute atomic E-state index is 0.000885. The van der Waals surface area contributed by atoms with E-state index in [1.54, 1.807) is 0 Å². The van der Waals surface area contributed by atoms with E-state index in [1.165, 1.54) is 5.56 Å². The maximum Gasteiger partial charge on any atom is 0.222 e. The zero-order chi connectivity index (χ0) is 17.2. The minimum atomic E-state index is -0.255. The Morgan fingerprint density at radius 2 is 2.21 bits per heavy atom. The molecule has 7 heteroatoms. The van der Waals surface area contributed by atoms with Crippen molar-refractivity contribution in [3.63, 3.8) is 0 Å². The molecule has 3 rings (SSSR count). The summed E-state index contributed by atoms with van der Waals surface area (Å²) >= 11 is 5.31. The lowest BCUT2D eigenvalue weighted by molar-refractivity contribution is -0.123. The third-order valence-corrected chi connectivity index (χ3v) is 4.60. The summed E-state index contributed by atoms with van der Waals surface area (Å²) in [7, 11) is 0. The predicted molar refractivity (Wildman–Crippen MR) is 94.2 cm³/mol. The number of rotatable bonds is 5. The number of aromatic amines is 1. The fraction of sp³-hybridized carbons (Fsp3) is 0.471. The summed E-state index contributed by atoms with van der Waals surface area (Å²) in [4.78, 5) is 12.3. The molecule has 1 aliphatic heterocycles. The Balaban J connectivity index is 1.69. The Bertz CT molecular complexity index is 773. The maximum atomic E-state index is 12.3. The van der Waals surface area contributed by atoms with E-state index in [9.17, 15) is 4.79 Å². The van der Waals surface area contributed by atoms with Gasteiger partial charge in [-0.3, -0.25) is 14.5 Å². The summed E-state index contributed by atoms with van der Waals surface area (Å²) < 4.78 is 7.76. The number of aryl methyl sites for hydroxylation is 1. The van der Waals surface area contributed by atoms with Gasteiger partial charge in [-0.25, -0.2) is 0 Å². The average molecular weight is 346 g/mol. The SMILES string of the molecule is Cc1ccc(-c2n[nH]c(=S)n2CCC(=O)N[C@@]2(C)CCOC2)cc1. The van der Waals surface area contributed by atoms with Gasteiger partial charge in [0.05, 0.1) is 12.1 Å². The number of hydrogen-bond donors (Lipinski definition) is 2. The van der Waals surface area contributed by atoms with Crippen LogP contribution in [0.1, 0.15) is 25.3 Å². The summed E-state index contributed by atoms with van der Waals surface area (Å²) in [5.74, 6) is 0.754. The van der Waals surface area contributed by atoms with Crippen molar-refractivity contribution in [2.45, 2.75) is 38.8 Å². The van der Waals surface area contributed by atoms with Crippen molar-refractivity contribution in [1.29, 1.82) is 0 Å². The van der Waals surface area contributed by atoms with Gasteiger partial charge in [0, 0.05) is 25.1 Å². The number of hydrogen-bond acceptors (Lipinski definition) is 4. The van der Waals surface area contributed by atoms with Crippen LogP contribution in [-0.2, 0) is 16.1 Å². The molecule has 1 atom stereocenters. The Kier molecular flexibility index (Phi) is 4.82. The quantitative estimate of drug-likeness (QED) is 0.817. The molecular formula is C17H22N4O2S. The van der Waals surface area contributed by atoms with E-state index in [1.807, 2.05) is 42.7 Å². The highest BCUT2D eigenvalue weighted by atomic mass is 32.1. The second kappa shape index (κ2) is 6.86. The molecule has 0 bridgehead atoms. The number of nitrogens with one attached hydrogen (secondary N) is 2. The summed E-state index contributed by atoms with van der Waals surface area (Å²) in [6.45, 7) is 5.80. The molecule has 6 nitrogen and oxygen atoms in total. The van der Waals surface area contributed by atoms with Crippen LogP contribution in [0.15, 0.2) is 24.3 Å². The van der Waals surface area contributed by atoms with Crippen molar-refractivity contribution < 1.29 is 9.53 Å². The highest BCUT2D eigenvalue weighted by Gasteiger charge is 2.31. The normalized spacial score (nSPS) is 20.2. The second-order valence-electron chi connectivity index (χ2n) is 6.53. The first kappa shape index (κ1) is 16.9. The van der Waals surface area contributed by atoms with Crippen LogP contribution in [0.2, 0.25) is 0 Å². The number of amides is 1. The summed E-state index contributed by atoms with van der Waals surface area (Å²) in [6, 6.07) is 8.08. The first-order valence-corrected chi connectivity index (χ1v) is 8.49. The van der Waals surface area contributed by atoms with Crippen LogP contribution in [0, 0.1) is 11.7 Å².